The molecule has 0 aliphatic heterocycles. The van der Waals surface area contributed by atoms with Crippen molar-refractivity contribution in [2.24, 2.45) is 35.0 Å². The third-order valence-electron chi connectivity index (χ3n) is 8.26. The Bertz CT molecular complexity index is 760. The first-order valence-electron chi connectivity index (χ1n) is 10.5. The summed E-state index contributed by atoms with van der Waals surface area (Å²) in [6.07, 6.45) is 5.41. The van der Waals surface area contributed by atoms with Crippen molar-refractivity contribution < 1.29 is 24.5 Å². The molecule has 0 saturated heterocycles. The van der Waals surface area contributed by atoms with Gasteiger partial charge in [-0.3, -0.25) is 4.79 Å². The fourth-order valence-corrected chi connectivity index (χ4v) is 6.98. The van der Waals surface area contributed by atoms with Gasteiger partial charge in [0.15, 0.2) is 0 Å². The number of hydrogen-bond acceptors (Lipinski definition) is 4. The van der Waals surface area contributed by atoms with E-state index in [0.29, 0.717) is 11.8 Å². The second kappa shape index (κ2) is 7.25. The van der Waals surface area contributed by atoms with Crippen molar-refractivity contribution in [1.29, 1.82) is 0 Å². The summed E-state index contributed by atoms with van der Waals surface area (Å²) in [5.41, 5.74) is 2.32. The van der Waals surface area contributed by atoms with Gasteiger partial charge in [0.2, 0.25) is 0 Å². The molecule has 0 heterocycles. The van der Waals surface area contributed by atoms with Crippen molar-refractivity contribution in [3.63, 3.8) is 0 Å². The molecule has 1 aromatic carbocycles. The van der Waals surface area contributed by atoms with Gasteiger partial charge in [-0.2, -0.15) is 0 Å². The van der Waals surface area contributed by atoms with Crippen LogP contribution in [0.1, 0.15) is 43.7 Å². The number of carbonyl (C=O) groups is 1. The van der Waals surface area contributed by atoms with Gasteiger partial charge in [-0.1, -0.05) is 6.92 Å². The molecule has 3 aliphatic carbocycles. The zero-order chi connectivity index (χ0) is 20.1. The summed E-state index contributed by atoms with van der Waals surface area (Å²) in [4.78, 5) is 12.2. The predicted octanol–water partition coefficient (Wildman–Crippen LogP) is 3.55. The minimum atomic E-state index is -0.660. The van der Waals surface area contributed by atoms with E-state index in [-0.39, 0.29) is 29.8 Å². The Balaban J connectivity index is 1.83. The molecule has 4 rings (SSSR count). The zero-order valence-corrected chi connectivity index (χ0v) is 17.1. The number of aliphatic hydroxyl groups is 1. The van der Waals surface area contributed by atoms with Crippen LogP contribution in [-0.2, 0) is 17.6 Å². The summed E-state index contributed by atoms with van der Waals surface area (Å²) in [6, 6.07) is 3.92. The standard InChI is InChI=1S/C23H32O5/c1-13(12-24)14-8-9-23-11-17-16(20(27-2)6-7-21(17)28-3)10-19(23)15(22(25)26)4-5-18(14)23/h6-7,13-15,18-19,24H,4-5,8-12H2,1-3H3,(H,25,26). The maximum absolute atomic E-state index is 12.2. The Kier molecular flexibility index (Phi) is 5.07. The molecule has 6 atom stereocenters. The lowest BCUT2D eigenvalue weighted by Gasteiger charge is -2.53. The van der Waals surface area contributed by atoms with Gasteiger partial charge in [0.1, 0.15) is 11.5 Å². The van der Waals surface area contributed by atoms with Crippen LogP contribution in [-0.4, -0.2) is 37.0 Å². The number of carboxylic acid groups (broad SMARTS) is 1. The predicted molar refractivity (Wildman–Crippen MR) is 106 cm³/mol. The highest BCUT2D eigenvalue weighted by molar-refractivity contribution is 5.71. The molecule has 5 nitrogen and oxygen atoms in total. The van der Waals surface area contributed by atoms with Gasteiger partial charge in [0.25, 0.3) is 0 Å². The molecule has 3 aliphatic rings. The summed E-state index contributed by atoms with van der Waals surface area (Å²) in [7, 11) is 3.38. The summed E-state index contributed by atoms with van der Waals surface area (Å²) >= 11 is 0. The number of fused-ring (bicyclic) bond motifs is 1. The van der Waals surface area contributed by atoms with Crippen molar-refractivity contribution >= 4 is 5.97 Å². The van der Waals surface area contributed by atoms with Gasteiger partial charge < -0.3 is 19.7 Å². The van der Waals surface area contributed by atoms with E-state index in [2.05, 4.69) is 6.92 Å². The molecular formula is C23H32O5. The van der Waals surface area contributed by atoms with E-state index >= 15 is 0 Å². The van der Waals surface area contributed by atoms with Crippen LogP contribution in [0.2, 0.25) is 0 Å². The Morgan fingerprint density at radius 2 is 1.82 bits per heavy atom. The second-order valence-corrected chi connectivity index (χ2v) is 9.14. The van der Waals surface area contributed by atoms with Crippen LogP contribution in [0.15, 0.2) is 12.1 Å². The van der Waals surface area contributed by atoms with E-state index in [0.717, 1.165) is 55.6 Å². The highest BCUT2D eigenvalue weighted by Gasteiger charge is 2.60. The quantitative estimate of drug-likeness (QED) is 0.807. The first-order chi connectivity index (χ1) is 13.5. The maximum atomic E-state index is 12.2. The smallest absolute Gasteiger partial charge is 0.306 e. The lowest BCUT2D eigenvalue weighted by Crippen LogP contribution is -2.51. The Morgan fingerprint density at radius 3 is 2.43 bits per heavy atom. The fourth-order valence-electron chi connectivity index (χ4n) is 6.98. The molecule has 0 aromatic heterocycles. The zero-order valence-electron chi connectivity index (χ0n) is 17.1. The molecule has 0 radical (unpaired) electrons. The molecular weight excluding hydrogens is 356 g/mol. The number of aliphatic hydroxyl groups excluding tert-OH is 1. The average Bonchev–Trinajstić information content (AvgIpc) is 3.08. The number of hydrogen-bond donors (Lipinski definition) is 2. The van der Waals surface area contributed by atoms with Gasteiger partial charge in [-0.05, 0) is 79.7 Å². The van der Waals surface area contributed by atoms with E-state index in [1.165, 1.54) is 5.56 Å². The summed E-state index contributed by atoms with van der Waals surface area (Å²) in [5, 5.41) is 19.8. The van der Waals surface area contributed by atoms with E-state index in [9.17, 15) is 15.0 Å². The van der Waals surface area contributed by atoms with Crippen LogP contribution in [0.4, 0.5) is 0 Å². The number of benzene rings is 1. The first-order valence-corrected chi connectivity index (χ1v) is 10.5. The van der Waals surface area contributed by atoms with E-state index in [1.54, 1.807) is 14.2 Å². The highest BCUT2D eigenvalue weighted by Crippen LogP contribution is 2.65. The molecule has 2 N–H and O–H groups in total. The summed E-state index contributed by atoms with van der Waals surface area (Å²) in [5.74, 6) is 2.09. The van der Waals surface area contributed by atoms with Gasteiger partial charge in [-0.25, -0.2) is 0 Å². The third-order valence-corrected chi connectivity index (χ3v) is 8.26. The topological polar surface area (TPSA) is 76.0 Å². The van der Waals surface area contributed by atoms with Crippen molar-refractivity contribution in [2.75, 3.05) is 20.8 Å². The Labute approximate surface area is 167 Å². The number of carboxylic acids is 1. The van der Waals surface area contributed by atoms with E-state index in [4.69, 9.17) is 9.47 Å². The van der Waals surface area contributed by atoms with Crippen LogP contribution >= 0.6 is 0 Å². The number of methoxy groups -OCH3 is 2. The molecule has 0 bridgehead atoms. The third kappa shape index (κ3) is 2.73. The van der Waals surface area contributed by atoms with Crippen molar-refractivity contribution in [3.8, 4) is 11.5 Å². The van der Waals surface area contributed by atoms with Crippen LogP contribution < -0.4 is 9.47 Å². The van der Waals surface area contributed by atoms with Gasteiger partial charge >= 0.3 is 5.97 Å². The van der Waals surface area contributed by atoms with Crippen LogP contribution in [0.3, 0.4) is 0 Å². The molecule has 2 saturated carbocycles. The van der Waals surface area contributed by atoms with E-state index in [1.807, 2.05) is 12.1 Å². The Morgan fingerprint density at radius 1 is 1.14 bits per heavy atom. The summed E-state index contributed by atoms with van der Waals surface area (Å²) < 4.78 is 11.3. The lowest BCUT2D eigenvalue weighted by atomic mass is 9.50. The molecule has 5 heteroatoms. The van der Waals surface area contributed by atoms with Crippen LogP contribution in [0, 0.1) is 35.0 Å². The summed E-state index contributed by atoms with van der Waals surface area (Å²) in [6.45, 7) is 2.35. The number of aliphatic carboxylic acids is 1. The van der Waals surface area contributed by atoms with Gasteiger partial charge in [-0.15, -0.1) is 0 Å². The molecule has 154 valence electrons. The largest absolute Gasteiger partial charge is 0.496 e. The lowest BCUT2D eigenvalue weighted by molar-refractivity contribution is -0.151. The van der Waals surface area contributed by atoms with Gasteiger partial charge in [0, 0.05) is 17.7 Å². The molecule has 28 heavy (non-hydrogen) atoms. The second-order valence-electron chi connectivity index (χ2n) is 9.14. The molecule has 1 spiro atoms. The van der Waals surface area contributed by atoms with Crippen LogP contribution in [0.5, 0.6) is 11.5 Å². The molecule has 0 amide bonds. The Hall–Kier alpha value is -1.75. The SMILES string of the molecule is COc1ccc(OC)c2c1CC1C(C(=O)O)CCC3C(C(C)CO)CCC13C2. The average molecular weight is 389 g/mol. The van der Waals surface area contributed by atoms with Crippen molar-refractivity contribution in [2.45, 2.75) is 45.4 Å². The first kappa shape index (κ1) is 19.6. The highest BCUT2D eigenvalue weighted by atomic mass is 16.5. The van der Waals surface area contributed by atoms with E-state index < -0.39 is 5.97 Å². The monoisotopic (exact) mass is 388 g/mol. The minimum Gasteiger partial charge on any atom is -0.496 e. The van der Waals surface area contributed by atoms with Crippen molar-refractivity contribution in [3.05, 3.63) is 23.3 Å². The number of rotatable bonds is 5. The molecule has 2 fully saturated rings. The normalized spacial score (nSPS) is 34.7. The fraction of sp³-hybridized carbons (Fsp3) is 0.696. The molecule has 6 unspecified atom stereocenters. The maximum Gasteiger partial charge on any atom is 0.306 e. The minimum absolute atomic E-state index is 0.0119. The number of ether oxygens (including phenoxy) is 2. The van der Waals surface area contributed by atoms with Gasteiger partial charge in [0.05, 0.1) is 20.1 Å². The molecule has 1 aromatic rings. The van der Waals surface area contributed by atoms with Crippen LogP contribution in [0.25, 0.3) is 0 Å². The van der Waals surface area contributed by atoms with Crippen molar-refractivity contribution in [1.82, 2.24) is 0 Å².